The summed E-state index contributed by atoms with van der Waals surface area (Å²) in [5.41, 5.74) is 1.14. The van der Waals surface area contributed by atoms with Crippen molar-refractivity contribution in [3.8, 4) is 0 Å². The average Bonchev–Trinajstić information content (AvgIpc) is 2.59. The Bertz CT molecular complexity index is 335. The van der Waals surface area contributed by atoms with Crippen LogP contribution in [0.15, 0.2) is 11.6 Å². The molecule has 5 nitrogen and oxygen atoms in total. The molecule has 0 aromatic heterocycles. The first-order valence-corrected chi connectivity index (χ1v) is 5.80. The van der Waals surface area contributed by atoms with Gasteiger partial charge in [-0.25, -0.2) is 4.79 Å². The van der Waals surface area contributed by atoms with Crippen LogP contribution < -0.4 is 5.32 Å². The van der Waals surface area contributed by atoms with Gasteiger partial charge in [-0.3, -0.25) is 4.79 Å². The predicted octanol–water partition coefficient (Wildman–Crippen LogP) is 1.31. The fourth-order valence-corrected chi connectivity index (χ4v) is 1.91. The Labute approximate surface area is 101 Å². The molecule has 0 saturated carbocycles. The molecule has 0 aliphatic carbocycles. The first-order valence-electron chi connectivity index (χ1n) is 5.80. The number of carbonyl (C=O) groups is 2. The molecule has 0 radical (unpaired) electrons. The van der Waals surface area contributed by atoms with Gasteiger partial charge in [0.1, 0.15) is 0 Å². The number of allylic oxidation sites excluding steroid dienone is 1. The molecule has 0 spiro atoms. The minimum atomic E-state index is -0.822. The lowest BCUT2D eigenvalue weighted by atomic mass is 9.99. The summed E-state index contributed by atoms with van der Waals surface area (Å²) in [6, 6.07) is -0.182. The molecule has 1 aliphatic rings. The lowest BCUT2D eigenvalue weighted by Gasteiger charge is -2.16. The number of amides is 2. The second-order valence-electron chi connectivity index (χ2n) is 4.79. The number of urea groups is 1. The van der Waals surface area contributed by atoms with Crippen LogP contribution in [-0.2, 0) is 4.79 Å². The lowest BCUT2D eigenvalue weighted by Crippen LogP contribution is -2.39. The highest BCUT2D eigenvalue weighted by Crippen LogP contribution is 2.22. The number of hydrogen-bond acceptors (Lipinski definition) is 2. The summed E-state index contributed by atoms with van der Waals surface area (Å²) in [7, 11) is 0. The van der Waals surface area contributed by atoms with Gasteiger partial charge in [-0.15, -0.1) is 0 Å². The highest BCUT2D eigenvalue weighted by Gasteiger charge is 2.36. The number of aliphatic carboxylic acids is 1. The van der Waals surface area contributed by atoms with Gasteiger partial charge in [0.25, 0.3) is 0 Å². The van der Waals surface area contributed by atoms with Crippen molar-refractivity contribution in [1.82, 2.24) is 10.2 Å². The molecule has 1 rings (SSSR count). The monoisotopic (exact) mass is 240 g/mol. The van der Waals surface area contributed by atoms with E-state index in [1.54, 1.807) is 4.90 Å². The van der Waals surface area contributed by atoms with Crippen molar-refractivity contribution >= 4 is 12.0 Å². The number of likely N-dealkylation sites (tertiary alicyclic amines) is 1. The van der Waals surface area contributed by atoms with Crippen molar-refractivity contribution in [2.45, 2.75) is 20.8 Å². The van der Waals surface area contributed by atoms with Crippen molar-refractivity contribution in [3.63, 3.8) is 0 Å². The highest BCUT2D eigenvalue weighted by atomic mass is 16.4. The van der Waals surface area contributed by atoms with Gasteiger partial charge < -0.3 is 15.3 Å². The number of carbonyl (C=O) groups excluding carboxylic acids is 1. The molecule has 2 N–H and O–H groups in total. The maximum Gasteiger partial charge on any atom is 0.317 e. The SMILES string of the molecule is CC(C)=CCNC(=O)N1C[C@@H](C)[C@H](C(=O)O)C1. The maximum absolute atomic E-state index is 11.7. The van der Waals surface area contributed by atoms with E-state index in [9.17, 15) is 9.59 Å². The normalized spacial score (nSPS) is 23.4. The van der Waals surface area contributed by atoms with Gasteiger partial charge in [-0.1, -0.05) is 18.6 Å². The Balaban J connectivity index is 2.45. The maximum atomic E-state index is 11.7. The van der Waals surface area contributed by atoms with E-state index in [1.807, 2.05) is 26.8 Å². The van der Waals surface area contributed by atoms with Crippen LogP contribution in [0.3, 0.4) is 0 Å². The van der Waals surface area contributed by atoms with E-state index in [0.717, 1.165) is 5.57 Å². The van der Waals surface area contributed by atoms with E-state index >= 15 is 0 Å². The first kappa shape index (κ1) is 13.5. The topological polar surface area (TPSA) is 69.6 Å². The third-order valence-electron chi connectivity index (χ3n) is 2.98. The molecule has 0 aromatic rings. The summed E-state index contributed by atoms with van der Waals surface area (Å²) in [6.45, 7) is 7.09. The van der Waals surface area contributed by atoms with Crippen LogP contribution in [0.2, 0.25) is 0 Å². The van der Waals surface area contributed by atoms with Crippen LogP contribution >= 0.6 is 0 Å². The largest absolute Gasteiger partial charge is 0.481 e. The number of nitrogens with zero attached hydrogens (tertiary/aromatic N) is 1. The predicted molar refractivity (Wildman–Crippen MR) is 64.7 cm³/mol. The van der Waals surface area contributed by atoms with Crippen LogP contribution in [0.4, 0.5) is 4.79 Å². The molecule has 1 saturated heterocycles. The van der Waals surface area contributed by atoms with E-state index in [1.165, 1.54) is 0 Å². The van der Waals surface area contributed by atoms with Crippen LogP contribution in [0.25, 0.3) is 0 Å². The van der Waals surface area contributed by atoms with Gasteiger partial charge in [0.2, 0.25) is 0 Å². The van der Waals surface area contributed by atoms with Gasteiger partial charge in [0.05, 0.1) is 5.92 Å². The fraction of sp³-hybridized carbons (Fsp3) is 0.667. The molecule has 1 fully saturated rings. The van der Waals surface area contributed by atoms with E-state index in [4.69, 9.17) is 5.11 Å². The van der Waals surface area contributed by atoms with Crippen molar-refractivity contribution in [1.29, 1.82) is 0 Å². The third-order valence-corrected chi connectivity index (χ3v) is 2.98. The molecule has 2 amide bonds. The standard InChI is InChI=1S/C12H20N2O3/c1-8(2)4-5-13-12(17)14-6-9(3)10(7-14)11(15)16/h4,9-10H,5-7H2,1-3H3,(H,13,17)(H,15,16)/t9-,10-/m1/s1. The molecule has 0 unspecified atom stereocenters. The van der Waals surface area contributed by atoms with Gasteiger partial charge in [0, 0.05) is 19.6 Å². The van der Waals surface area contributed by atoms with Crippen LogP contribution in [0, 0.1) is 11.8 Å². The minimum absolute atomic E-state index is 0.0155. The molecule has 2 atom stereocenters. The minimum Gasteiger partial charge on any atom is -0.481 e. The number of rotatable bonds is 3. The molecule has 1 aliphatic heterocycles. The van der Waals surface area contributed by atoms with Crippen LogP contribution in [0.5, 0.6) is 0 Å². The second kappa shape index (κ2) is 5.70. The molecule has 96 valence electrons. The van der Waals surface area contributed by atoms with Gasteiger partial charge in [-0.05, 0) is 19.8 Å². The molecule has 1 heterocycles. The molecule has 0 bridgehead atoms. The highest BCUT2D eigenvalue weighted by molar-refractivity contribution is 5.77. The van der Waals surface area contributed by atoms with Gasteiger partial charge in [-0.2, -0.15) is 0 Å². The van der Waals surface area contributed by atoms with E-state index in [-0.39, 0.29) is 11.9 Å². The Morgan fingerprint density at radius 1 is 1.41 bits per heavy atom. The van der Waals surface area contributed by atoms with Gasteiger partial charge in [0.15, 0.2) is 0 Å². The molecule has 0 aromatic carbocycles. The summed E-state index contributed by atoms with van der Waals surface area (Å²) in [5.74, 6) is -1.25. The summed E-state index contributed by atoms with van der Waals surface area (Å²) in [6.07, 6.45) is 1.92. The summed E-state index contributed by atoms with van der Waals surface area (Å²) < 4.78 is 0. The molecular formula is C12H20N2O3. The lowest BCUT2D eigenvalue weighted by molar-refractivity contribution is -0.142. The summed E-state index contributed by atoms with van der Waals surface area (Å²) in [5, 5.41) is 11.7. The Kier molecular flexibility index (Phi) is 4.54. The summed E-state index contributed by atoms with van der Waals surface area (Å²) in [4.78, 5) is 24.2. The van der Waals surface area contributed by atoms with Crippen LogP contribution in [0.1, 0.15) is 20.8 Å². The Morgan fingerprint density at radius 3 is 2.53 bits per heavy atom. The van der Waals surface area contributed by atoms with Crippen LogP contribution in [-0.4, -0.2) is 41.6 Å². The van der Waals surface area contributed by atoms with Crippen molar-refractivity contribution < 1.29 is 14.7 Å². The van der Waals surface area contributed by atoms with E-state index in [0.29, 0.717) is 19.6 Å². The average molecular weight is 240 g/mol. The van der Waals surface area contributed by atoms with Crippen molar-refractivity contribution in [2.75, 3.05) is 19.6 Å². The third kappa shape index (κ3) is 3.76. The summed E-state index contributed by atoms with van der Waals surface area (Å²) >= 11 is 0. The zero-order chi connectivity index (χ0) is 13.0. The number of nitrogens with one attached hydrogen (secondary N) is 1. The Morgan fingerprint density at radius 2 is 2.06 bits per heavy atom. The van der Waals surface area contributed by atoms with Crippen molar-refractivity contribution in [3.05, 3.63) is 11.6 Å². The molecule has 17 heavy (non-hydrogen) atoms. The first-order chi connectivity index (χ1) is 7.91. The molecular weight excluding hydrogens is 220 g/mol. The zero-order valence-electron chi connectivity index (χ0n) is 10.6. The zero-order valence-corrected chi connectivity index (χ0v) is 10.6. The smallest absolute Gasteiger partial charge is 0.317 e. The number of carboxylic acid groups (broad SMARTS) is 1. The molecule has 5 heteroatoms. The van der Waals surface area contributed by atoms with E-state index in [2.05, 4.69) is 5.32 Å². The number of carboxylic acids is 1. The van der Waals surface area contributed by atoms with Crippen molar-refractivity contribution in [2.24, 2.45) is 11.8 Å². The van der Waals surface area contributed by atoms with Gasteiger partial charge >= 0.3 is 12.0 Å². The van der Waals surface area contributed by atoms with E-state index < -0.39 is 11.9 Å². The number of hydrogen-bond donors (Lipinski definition) is 2. The fourth-order valence-electron chi connectivity index (χ4n) is 1.91. The Hall–Kier alpha value is -1.52. The quantitative estimate of drug-likeness (QED) is 0.731. The second-order valence-corrected chi connectivity index (χ2v) is 4.79.